The van der Waals surface area contributed by atoms with Gasteiger partial charge in [-0.25, -0.2) is 13.1 Å². The van der Waals surface area contributed by atoms with E-state index in [0.717, 1.165) is 5.69 Å². The molecule has 0 saturated carbocycles. The number of nitrogens with zero attached hydrogens (tertiary/aromatic N) is 1. The maximum Gasteiger partial charge on any atom is 0.248 e. The van der Waals surface area contributed by atoms with E-state index in [-0.39, 0.29) is 10.8 Å². The molecule has 2 N–H and O–H groups in total. The highest BCUT2D eigenvalue weighted by Gasteiger charge is 2.23. The summed E-state index contributed by atoms with van der Waals surface area (Å²) in [6, 6.07) is 15.3. The summed E-state index contributed by atoms with van der Waals surface area (Å²) in [6.07, 6.45) is 0. The number of hydrogen-bond acceptors (Lipinski definition) is 4. The zero-order chi connectivity index (χ0) is 20.2. The van der Waals surface area contributed by atoms with Crippen molar-refractivity contribution in [3.05, 3.63) is 54.6 Å². The maximum atomic E-state index is 12.7. The number of hydrogen-bond donors (Lipinski definition) is 2. The molecule has 6 nitrogen and oxygen atoms in total. The molecule has 0 aliphatic rings. The van der Waals surface area contributed by atoms with Crippen LogP contribution in [0.4, 0.5) is 11.4 Å². The Balaban J connectivity index is 2.15. The van der Waals surface area contributed by atoms with E-state index in [4.69, 9.17) is 0 Å². The van der Waals surface area contributed by atoms with Crippen molar-refractivity contribution in [3.8, 4) is 0 Å². The molecule has 146 valence electrons. The minimum atomic E-state index is -3.64. The van der Waals surface area contributed by atoms with Crippen LogP contribution in [-0.4, -0.2) is 33.0 Å². The summed E-state index contributed by atoms with van der Waals surface area (Å²) in [5.74, 6) is -0.123. The largest absolute Gasteiger partial charge is 0.374 e. The second-order valence-electron chi connectivity index (χ2n) is 7.48. The topological polar surface area (TPSA) is 78.5 Å². The first-order valence-electron chi connectivity index (χ1n) is 8.73. The van der Waals surface area contributed by atoms with Gasteiger partial charge in [0.05, 0.1) is 4.90 Å². The lowest BCUT2D eigenvalue weighted by molar-refractivity contribution is -0.118. The van der Waals surface area contributed by atoms with Crippen molar-refractivity contribution in [2.75, 3.05) is 17.3 Å². The second kappa shape index (κ2) is 8.10. The van der Waals surface area contributed by atoms with Crippen LogP contribution in [0.2, 0.25) is 0 Å². The van der Waals surface area contributed by atoms with Crippen LogP contribution < -0.4 is 14.9 Å². The number of likely N-dealkylation sites (N-methyl/N-ethyl adjacent to an activating group) is 1. The van der Waals surface area contributed by atoms with Crippen LogP contribution in [0.3, 0.4) is 0 Å². The molecule has 0 spiro atoms. The van der Waals surface area contributed by atoms with Gasteiger partial charge in [-0.3, -0.25) is 4.79 Å². The molecule has 0 aliphatic carbocycles. The number of rotatable bonds is 6. The van der Waals surface area contributed by atoms with Crippen molar-refractivity contribution in [1.29, 1.82) is 0 Å². The minimum Gasteiger partial charge on any atom is -0.374 e. The van der Waals surface area contributed by atoms with Gasteiger partial charge in [0, 0.05) is 24.0 Å². The minimum absolute atomic E-state index is 0.123. The van der Waals surface area contributed by atoms with E-state index in [2.05, 4.69) is 10.0 Å². The van der Waals surface area contributed by atoms with E-state index in [0.29, 0.717) is 5.69 Å². The van der Waals surface area contributed by atoms with E-state index < -0.39 is 21.6 Å². The molecule has 27 heavy (non-hydrogen) atoms. The number of nitrogens with one attached hydrogen (secondary N) is 2. The SMILES string of the molecule is C[C@H](Nc1cccc(S(=O)(=O)NC(C)(C)C)c1)C(=O)N(C)c1ccccc1. The zero-order valence-corrected chi connectivity index (χ0v) is 17.2. The number of carbonyl (C=O) groups is 1. The number of carbonyl (C=O) groups excluding carboxylic acids is 1. The third-order valence-electron chi connectivity index (χ3n) is 3.81. The van der Waals surface area contributed by atoms with Crippen molar-refractivity contribution >= 4 is 27.3 Å². The molecule has 2 rings (SSSR count). The molecule has 0 aromatic heterocycles. The van der Waals surface area contributed by atoms with Crippen molar-refractivity contribution in [2.24, 2.45) is 0 Å². The normalized spacial score (nSPS) is 13.1. The molecule has 1 atom stereocenters. The summed E-state index contributed by atoms with van der Waals surface area (Å²) < 4.78 is 27.6. The highest BCUT2D eigenvalue weighted by atomic mass is 32.2. The average molecular weight is 390 g/mol. The van der Waals surface area contributed by atoms with Gasteiger partial charge in [-0.1, -0.05) is 24.3 Å². The van der Waals surface area contributed by atoms with Crippen molar-refractivity contribution in [2.45, 2.75) is 44.2 Å². The fourth-order valence-corrected chi connectivity index (χ4v) is 4.06. The van der Waals surface area contributed by atoms with E-state index >= 15 is 0 Å². The maximum absolute atomic E-state index is 12.7. The van der Waals surface area contributed by atoms with Crippen LogP contribution in [0.5, 0.6) is 0 Å². The third kappa shape index (κ3) is 5.80. The lowest BCUT2D eigenvalue weighted by Crippen LogP contribution is -2.40. The number of para-hydroxylation sites is 1. The highest BCUT2D eigenvalue weighted by molar-refractivity contribution is 7.89. The smallest absolute Gasteiger partial charge is 0.248 e. The lowest BCUT2D eigenvalue weighted by Gasteiger charge is -2.23. The summed E-state index contributed by atoms with van der Waals surface area (Å²) >= 11 is 0. The highest BCUT2D eigenvalue weighted by Crippen LogP contribution is 2.19. The molecule has 0 unspecified atom stereocenters. The molecule has 0 heterocycles. The predicted molar refractivity (Wildman–Crippen MR) is 109 cm³/mol. The fraction of sp³-hybridized carbons (Fsp3) is 0.350. The van der Waals surface area contributed by atoms with Gasteiger partial charge in [0.25, 0.3) is 0 Å². The molecular weight excluding hydrogens is 362 g/mol. The monoisotopic (exact) mass is 389 g/mol. The summed E-state index contributed by atoms with van der Waals surface area (Å²) in [6.45, 7) is 7.10. The van der Waals surface area contributed by atoms with Gasteiger partial charge in [0.1, 0.15) is 6.04 Å². The number of sulfonamides is 1. The Kier molecular flexibility index (Phi) is 6.28. The predicted octanol–water partition coefficient (Wildman–Crippen LogP) is 3.23. The molecule has 0 fully saturated rings. The van der Waals surface area contributed by atoms with Gasteiger partial charge in [-0.2, -0.15) is 0 Å². The Morgan fingerprint density at radius 2 is 1.67 bits per heavy atom. The number of anilines is 2. The Bertz CT molecular complexity index is 890. The Hall–Kier alpha value is -2.38. The van der Waals surface area contributed by atoms with E-state index in [1.54, 1.807) is 51.8 Å². The van der Waals surface area contributed by atoms with Crippen molar-refractivity contribution in [1.82, 2.24) is 4.72 Å². The molecule has 0 saturated heterocycles. The molecule has 7 heteroatoms. The summed E-state index contributed by atoms with van der Waals surface area (Å²) in [5.41, 5.74) is 0.778. The molecule has 2 aromatic carbocycles. The van der Waals surface area contributed by atoms with Gasteiger partial charge in [-0.15, -0.1) is 0 Å². The summed E-state index contributed by atoms with van der Waals surface area (Å²) in [7, 11) is -1.93. The molecule has 1 amide bonds. The van der Waals surface area contributed by atoms with Crippen LogP contribution in [0, 0.1) is 0 Å². The fourth-order valence-electron chi connectivity index (χ4n) is 2.60. The molecule has 2 aromatic rings. The number of benzene rings is 2. The number of amides is 1. The first-order valence-corrected chi connectivity index (χ1v) is 10.2. The molecule has 0 aliphatic heterocycles. The zero-order valence-electron chi connectivity index (χ0n) is 16.4. The van der Waals surface area contributed by atoms with Gasteiger partial charge in [0.15, 0.2) is 0 Å². The van der Waals surface area contributed by atoms with E-state index in [1.165, 1.54) is 12.1 Å². The summed E-state index contributed by atoms with van der Waals surface area (Å²) in [4.78, 5) is 14.4. The van der Waals surface area contributed by atoms with Gasteiger partial charge in [-0.05, 0) is 58.0 Å². The third-order valence-corrected chi connectivity index (χ3v) is 5.57. The Labute approximate surface area is 161 Å². The van der Waals surface area contributed by atoms with Crippen molar-refractivity contribution < 1.29 is 13.2 Å². The van der Waals surface area contributed by atoms with Crippen LogP contribution in [-0.2, 0) is 14.8 Å². The van der Waals surface area contributed by atoms with Crippen LogP contribution in [0.25, 0.3) is 0 Å². The summed E-state index contributed by atoms with van der Waals surface area (Å²) in [5, 5.41) is 3.08. The lowest BCUT2D eigenvalue weighted by atomic mass is 10.1. The van der Waals surface area contributed by atoms with Gasteiger partial charge >= 0.3 is 0 Å². The van der Waals surface area contributed by atoms with E-state index in [9.17, 15) is 13.2 Å². The Morgan fingerprint density at radius 3 is 2.26 bits per heavy atom. The first-order chi connectivity index (χ1) is 12.5. The van der Waals surface area contributed by atoms with Crippen LogP contribution in [0.15, 0.2) is 59.5 Å². The van der Waals surface area contributed by atoms with Gasteiger partial charge < -0.3 is 10.2 Å². The Morgan fingerprint density at radius 1 is 1.04 bits per heavy atom. The van der Waals surface area contributed by atoms with Crippen LogP contribution >= 0.6 is 0 Å². The van der Waals surface area contributed by atoms with Crippen LogP contribution in [0.1, 0.15) is 27.7 Å². The first kappa shape index (κ1) is 20.9. The molecular formula is C20H27N3O3S. The molecule has 0 bridgehead atoms. The standard InChI is InChI=1S/C20H27N3O3S/c1-15(19(24)23(5)17-11-7-6-8-12-17)21-16-10-9-13-18(14-16)27(25,26)22-20(2,3)4/h6-15,21-22H,1-5H3/t15-/m0/s1. The van der Waals surface area contributed by atoms with Crippen molar-refractivity contribution in [3.63, 3.8) is 0 Å². The molecule has 0 radical (unpaired) electrons. The van der Waals surface area contributed by atoms with E-state index in [1.807, 2.05) is 30.3 Å². The second-order valence-corrected chi connectivity index (χ2v) is 9.16. The average Bonchev–Trinajstić information content (AvgIpc) is 2.59. The quantitative estimate of drug-likeness (QED) is 0.795. The van der Waals surface area contributed by atoms with Gasteiger partial charge in [0.2, 0.25) is 15.9 Å².